The summed E-state index contributed by atoms with van der Waals surface area (Å²) in [6.45, 7) is 4.26. The maximum absolute atomic E-state index is 8.56. The molecule has 0 atom stereocenters. The summed E-state index contributed by atoms with van der Waals surface area (Å²) in [5.41, 5.74) is 6.94. The first-order valence-electron chi connectivity index (χ1n) is 4.51. The number of amidine groups is 1. The minimum Gasteiger partial charge on any atom is -0.492 e. The molecular formula is C10H13ClN2O2. The Morgan fingerprint density at radius 1 is 1.60 bits per heavy atom. The van der Waals surface area contributed by atoms with Crippen LogP contribution >= 0.6 is 11.6 Å². The molecule has 3 N–H and O–H groups in total. The van der Waals surface area contributed by atoms with Crippen LogP contribution in [0.5, 0.6) is 5.75 Å². The number of aryl methyl sites for hydroxylation is 1. The van der Waals surface area contributed by atoms with Gasteiger partial charge in [-0.3, -0.25) is 0 Å². The fraction of sp³-hybridized carbons (Fsp3) is 0.300. The van der Waals surface area contributed by atoms with Gasteiger partial charge in [-0.25, -0.2) is 0 Å². The number of hydrogen-bond donors (Lipinski definition) is 2. The molecule has 0 aliphatic heterocycles. The summed E-state index contributed by atoms with van der Waals surface area (Å²) in [4.78, 5) is 0. The van der Waals surface area contributed by atoms with Crippen LogP contribution in [0, 0.1) is 6.92 Å². The first-order valence-corrected chi connectivity index (χ1v) is 4.88. The lowest BCUT2D eigenvalue weighted by atomic mass is 10.1. The van der Waals surface area contributed by atoms with Gasteiger partial charge in [-0.05, 0) is 31.5 Å². The van der Waals surface area contributed by atoms with Crippen LogP contribution < -0.4 is 10.5 Å². The zero-order valence-corrected chi connectivity index (χ0v) is 9.38. The molecule has 1 rings (SSSR count). The summed E-state index contributed by atoms with van der Waals surface area (Å²) in [6.07, 6.45) is 0. The van der Waals surface area contributed by atoms with Crippen molar-refractivity contribution in [2.24, 2.45) is 10.9 Å². The van der Waals surface area contributed by atoms with E-state index in [9.17, 15) is 0 Å². The lowest BCUT2D eigenvalue weighted by Crippen LogP contribution is -2.14. The third-order valence-corrected chi connectivity index (χ3v) is 2.26. The van der Waals surface area contributed by atoms with Gasteiger partial charge in [0, 0.05) is 5.56 Å². The van der Waals surface area contributed by atoms with Gasteiger partial charge in [0.2, 0.25) is 0 Å². The Balaban J connectivity index is 3.19. The Bertz CT molecular complexity index is 391. The molecule has 0 heterocycles. The molecule has 0 aliphatic carbocycles. The summed E-state index contributed by atoms with van der Waals surface area (Å²) >= 11 is 5.96. The molecule has 0 saturated heterocycles. The molecule has 0 amide bonds. The quantitative estimate of drug-likeness (QED) is 0.361. The number of nitrogens with zero attached hydrogens (tertiary/aromatic N) is 1. The van der Waals surface area contributed by atoms with Gasteiger partial charge in [-0.1, -0.05) is 16.8 Å². The molecule has 82 valence electrons. The van der Waals surface area contributed by atoms with Crippen molar-refractivity contribution < 1.29 is 9.94 Å². The topological polar surface area (TPSA) is 67.8 Å². The van der Waals surface area contributed by atoms with Gasteiger partial charge in [0.15, 0.2) is 5.84 Å². The predicted octanol–water partition coefficient (Wildman–Crippen LogP) is 2.14. The highest BCUT2D eigenvalue weighted by atomic mass is 35.5. The zero-order chi connectivity index (χ0) is 11.4. The molecule has 5 heteroatoms. The second-order valence-electron chi connectivity index (χ2n) is 3.02. The van der Waals surface area contributed by atoms with E-state index < -0.39 is 0 Å². The van der Waals surface area contributed by atoms with E-state index in [1.54, 1.807) is 12.1 Å². The largest absolute Gasteiger partial charge is 0.492 e. The Kier molecular flexibility index (Phi) is 3.80. The van der Waals surface area contributed by atoms with Crippen LogP contribution in [0.25, 0.3) is 0 Å². The van der Waals surface area contributed by atoms with Gasteiger partial charge in [0.1, 0.15) is 5.75 Å². The highest BCUT2D eigenvalue weighted by molar-refractivity contribution is 6.32. The third-order valence-electron chi connectivity index (χ3n) is 1.96. The van der Waals surface area contributed by atoms with E-state index >= 15 is 0 Å². The number of rotatable bonds is 3. The smallest absolute Gasteiger partial charge is 0.170 e. The predicted molar refractivity (Wildman–Crippen MR) is 59.9 cm³/mol. The summed E-state index contributed by atoms with van der Waals surface area (Å²) in [5.74, 6) is 0.642. The molecule has 15 heavy (non-hydrogen) atoms. The summed E-state index contributed by atoms with van der Waals surface area (Å²) in [7, 11) is 0. The third kappa shape index (κ3) is 2.53. The Morgan fingerprint density at radius 3 is 2.80 bits per heavy atom. The van der Waals surface area contributed by atoms with Crippen molar-refractivity contribution in [2.75, 3.05) is 6.61 Å². The van der Waals surface area contributed by atoms with E-state index in [4.69, 9.17) is 27.3 Å². The molecule has 0 unspecified atom stereocenters. The van der Waals surface area contributed by atoms with Crippen molar-refractivity contribution in [2.45, 2.75) is 13.8 Å². The number of hydrogen-bond acceptors (Lipinski definition) is 3. The average Bonchev–Trinajstić information content (AvgIpc) is 2.22. The van der Waals surface area contributed by atoms with Gasteiger partial charge in [-0.2, -0.15) is 0 Å². The van der Waals surface area contributed by atoms with E-state index in [0.29, 0.717) is 22.9 Å². The van der Waals surface area contributed by atoms with Crippen LogP contribution in [-0.4, -0.2) is 17.6 Å². The molecule has 0 saturated carbocycles. The van der Waals surface area contributed by atoms with E-state index in [2.05, 4.69) is 5.16 Å². The first-order chi connectivity index (χ1) is 7.10. The standard InChI is InChI=1S/C10H13ClN2O2/c1-3-15-9-4-6(2)7(5-8(9)11)10(12)13-14/h4-5,14H,3H2,1-2H3,(H2,12,13). The molecule has 0 aromatic heterocycles. The molecule has 1 aromatic rings. The number of benzene rings is 1. The van der Waals surface area contributed by atoms with Gasteiger partial charge < -0.3 is 15.7 Å². The zero-order valence-electron chi connectivity index (χ0n) is 8.62. The Labute approximate surface area is 93.3 Å². The normalized spacial score (nSPS) is 11.5. The lowest BCUT2D eigenvalue weighted by molar-refractivity contribution is 0.318. The van der Waals surface area contributed by atoms with Crippen molar-refractivity contribution >= 4 is 17.4 Å². The average molecular weight is 229 g/mol. The van der Waals surface area contributed by atoms with Crippen molar-refractivity contribution in [3.05, 3.63) is 28.3 Å². The van der Waals surface area contributed by atoms with Crippen molar-refractivity contribution in [1.82, 2.24) is 0 Å². The Hall–Kier alpha value is -1.42. The van der Waals surface area contributed by atoms with Crippen LogP contribution in [0.4, 0.5) is 0 Å². The molecular weight excluding hydrogens is 216 g/mol. The number of ether oxygens (including phenoxy) is 1. The molecule has 0 radical (unpaired) electrons. The van der Waals surface area contributed by atoms with Gasteiger partial charge in [0.25, 0.3) is 0 Å². The monoisotopic (exact) mass is 228 g/mol. The van der Waals surface area contributed by atoms with Crippen molar-refractivity contribution in [3.8, 4) is 5.75 Å². The van der Waals surface area contributed by atoms with Crippen LogP contribution in [0.1, 0.15) is 18.1 Å². The first kappa shape index (κ1) is 11.7. The van der Waals surface area contributed by atoms with Crippen LogP contribution in [0.15, 0.2) is 17.3 Å². The molecule has 0 bridgehead atoms. The van der Waals surface area contributed by atoms with E-state index in [-0.39, 0.29) is 5.84 Å². The second kappa shape index (κ2) is 4.89. The molecule has 0 spiro atoms. The molecule has 0 fully saturated rings. The minimum atomic E-state index is 0.0393. The van der Waals surface area contributed by atoms with Crippen LogP contribution in [0.2, 0.25) is 5.02 Å². The molecule has 1 aromatic carbocycles. The number of nitrogens with two attached hydrogens (primary N) is 1. The molecule has 4 nitrogen and oxygen atoms in total. The SMILES string of the molecule is CCOc1cc(C)c(/C(N)=N/O)cc1Cl. The highest BCUT2D eigenvalue weighted by Crippen LogP contribution is 2.28. The summed E-state index contributed by atoms with van der Waals surface area (Å²) in [6, 6.07) is 3.39. The van der Waals surface area contributed by atoms with Crippen molar-refractivity contribution in [1.29, 1.82) is 0 Å². The van der Waals surface area contributed by atoms with E-state index in [1.165, 1.54) is 0 Å². The van der Waals surface area contributed by atoms with Crippen LogP contribution in [-0.2, 0) is 0 Å². The number of oxime groups is 1. The Morgan fingerprint density at radius 2 is 2.27 bits per heavy atom. The maximum Gasteiger partial charge on any atom is 0.170 e. The van der Waals surface area contributed by atoms with Gasteiger partial charge in [-0.15, -0.1) is 0 Å². The number of halogens is 1. The van der Waals surface area contributed by atoms with E-state index in [1.807, 2.05) is 13.8 Å². The van der Waals surface area contributed by atoms with Crippen LogP contribution in [0.3, 0.4) is 0 Å². The maximum atomic E-state index is 8.56. The molecule has 0 aliphatic rings. The fourth-order valence-corrected chi connectivity index (χ4v) is 1.47. The fourth-order valence-electron chi connectivity index (χ4n) is 1.25. The highest BCUT2D eigenvalue weighted by Gasteiger charge is 2.09. The van der Waals surface area contributed by atoms with Gasteiger partial charge in [0.05, 0.1) is 11.6 Å². The summed E-state index contributed by atoms with van der Waals surface area (Å²) < 4.78 is 5.31. The van der Waals surface area contributed by atoms with Crippen molar-refractivity contribution in [3.63, 3.8) is 0 Å². The van der Waals surface area contributed by atoms with Gasteiger partial charge >= 0.3 is 0 Å². The van der Waals surface area contributed by atoms with E-state index in [0.717, 1.165) is 5.56 Å². The second-order valence-corrected chi connectivity index (χ2v) is 3.42. The minimum absolute atomic E-state index is 0.0393. The lowest BCUT2D eigenvalue weighted by Gasteiger charge is -2.10. The summed E-state index contributed by atoms with van der Waals surface area (Å²) in [5, 5.41) is 11.9.